The van der Waals surface area contributed by atoms with Gasteiger partial charge in [0.05, 0.1) is 10.7 Å². The van der Waals surface area contributed by atoms with Crippen LogP contribution in [0, 0.1) is 0 Å². The number of rotatable bonds is 2. The zero-order chi connectivity index (χ0) is 6.53. The second-order valence-electron chi connectivity index (χ2n) is 2.54. The Hall–Kier alpha value is 0.690. The summed E-state index contributed by atoms with van der Waals surface area (Å²) < 4.78 is 6.33. The Morgan fingerprint density at radius 1 is 1.22 bits per heavy atom. The summed E-state index contributed by atoms with van der Waals surface area (Å²) in [6.45, 7) is 0. The third-order valence-electron chi connectivity index (χ3n) is 1.85. The van der Waals surface area contributed by atoms with Gasteiger partial charge in [0.25, 0.3) is 0 Å². The van der Waals surface area contributed by atoms with E-state index in [2.05, 4.69) is 22.6 Å². The average molecular weight is 240 g/mol. The Morgan fingerprint density at radius 3 is 2.44 bits per heavy atom. The molecule has 0 radical (unpaired) electrons. The molecular weight excluding hydrogens is 227 g/mol. The van der Waals surface area contributed by atoms with Crippen LogP contribution in [0.1, 0.15) is 32.1 Å². The monoisotopic (exact) mass is 240 g/mol. The van der Waals surface area contributed by atoms with Crippen molar-refractivity contribution in [2.75, 3.05) is 4.61 Å². The van der Waals surface area contributed by atoms with Gasteiger partial charge in [-0.2, -0.15) is 0 Å². The van der Waals surface area contributed by atoms with Crippen LogP contribution in [0.4, 0.5) is 0 Å². The maximum absolute atomic E-state index is 5.47. The third-order valence-corrected chi connectivity index (χ3v) is 2.21. The molecule has 0 aliphatic heterocycles. The lowest BCUT2D eigenvalue weighted by Gasteiger charge is -2.20. The number of alkyl halides is 1. The Morgan fingerprint density at radius 2 is 1.89 bits per heavy atom. The summed E-state index contributed by atoms with van der Waals surface area (Å²) in [6, 6.07) is 0. The summed E-state index contributed by atoms with van der Waals surface area (Å²) in [5.41, 5.74) is 0. The molecule has 0 saturated heterocycles. The highest BCUT2D eigenvalue weighted by Crippen LogP contribution is 2.20. The minimum Gasteiger partial charge on any atom is -0.368 e. The molecule has 0 atom stereocenters. The van der Waals surface area contributed by atoms with E-state index in [1.54, 1.807) is 0 Å². The van der Waals surface area contributed by atoms with Gasteiger partial charge < -0.3 is 4.74 Å². The lowest BCUT2D eigenvalue weighted by atomic mass is 9.98. The third kappa shape index (κ3) is 2.85. The first-order valence-electron chi connectivity index (χ1n) is 3.61. The lowest BCUT2D eigenvalue weighted by molar-refractivity contribution is 0.0657. The molecule has 0 spiro atoms. The molecule has 0 unspecified atom stereocenters. The van der Waals surface area contributed by atoms with E-state index in [0.717, 1.165) is 4.61 Å². The van der Waals surface area contributed by atoms with E-state index in [0.29, 0.717) is 6.10 Å². The maximum Gasteiger partial charge on any atom is 0.0983 e. The molecule has 1 nitrogen and oxygen atoms in total. The fourth-order valence-corrected chi connectivity index (χ4v) is 1.83. The summed E-state index contributed by atoms with van der Waals surface area (Å²) in [4.78, 5) is 0. The molecule has 54 valence electrons. The summed E-state index contributed by atoms with van der Waals surface area (Å²) in [5, 5.41) is 0. The first-order chi connectivity index (χ1) is 4.43. The van der Waals surface area contributed by atoms with Crippen molar-refractivity contribution in [2.24, 2.45) is 0 Å². The molecular formula is C7H13IO. The molecule has 0 aromatic rings. The predicted octanol–water partition coefficient (Wildman–Crippen LogP) is 2.73. The normalized spacial score (nSPS) is 22.3. The zero-order valence-electron chi connectivity index (χ0n) is 5.61. The van der Waals surface area contributed by atoms with Gasteiger partial charge in [-0.25, -0.2) is 0 Å². The van der Waals surface area contributed by atoms with Crippen LogP contribution in [0.15, 0.2) is 0 Å². The van der Waals surface area contributed by atoms with Crippen molar-refractivity contribution < 1.29 is 4.74 Å². The quantitative estimate of drug-likeness (QED) is 0.532. The maximum atomic E-state index is 5.47. The van der Waals surface area contributed by atoms with Crippen molar-refractivity contribution in [1.82, 2.24) is 0 Å². The van der Waals surface area contributed by atoms with Crippen LogP contribution in [-0.4, -0.2) is 10.7 Å². The van der Waals surface area contributed by atoms with Crippen LogP contribution in [0.2, 0.25) is 0 Å². The minimum atomic E-state index is 0.593. The molecule has 1 rings (SSSR count). The van der Waals surface area contributed by atoms with E-state index in [-0.39, 0.29) is 0 Å². The molecule has 0 bridgehead atoms. The van der Waals surface area contributed by atoms with Crippen molar-refractivity contribution in [1.29, 1.82) is 0 Å². The summed E-state index contributed by atoms with van der Waals surface area (Å²) in [6.07, 6.45) is 7.35. The van der Waals surface area contributed by atoms with Crippen molar-refractivity contribution >= 4 is 22.6 Å². The molecule has 0 N–H and O–H groups in total. The van der Waals surface area contributed by atoms with Crippen LogP contribution in [0.3, 0.4) is 0 Å². The summed E-state index contributed by atoms with van der Waals surface area (Å²) in [5.74, 6) is 0. The fraction of sp³-hybridized carbons (Fsp3) is 1.00. The van der Waals surface area contributed by atoms with E-state index in [9.17, 15) is 0 Å². The second kappa shape index (κ2) is 4.50. The van der Waals surface area contributed by atoms with Crippen molar-refractivity contribution in [3.63, 3.8) is 0 Å². The molecule has 0 aromatic carbocycles. The van der Waals surface area contributed by atoms with E-state index in [4.69, 9.17) is 4.74 Å². The molecule has 0 heterocycles. The van der Waals surface area contributed by atoms with E-state index >= 15 is 0 Å². The van der Waals surface area contributed by atoms with Crippen LogP contribution in [0.25, 0.3) is 0 Å². The zero-order valence-corrected chi connectivity index (χ0v) is 7.76. The standard InChI is InChI=1S/C7H13IO/c8-6-9-7-4-2-1-3-5-7/h7H,1-6H2. The molecule has 2 heteroatoms. The van der Waals surface area contributed by atoms with Gasteiger partial charge in [0, 0.05) is 0 Å². The Labute approximate surface area is 70.3 Å². The Bertz CT molecular complexity index is 66.6. The highest BCUT2D eigenvalue weighted by Gasteiger charge is 2.11. The minimum absolute atomic E-state index is 0.593. The SMILES string of the molecule is ICOC1CCCCC1. The van der Waals surface area contributed by atoms with Gasteiger partial charge in [-0.1, -0.05) is 41.9 Å². The van der Waals surface area contributed by atoms with Gasteiger partial charge in [0.15, 0.2) is 0 Å². The van der Waals surface area contributed by atoms with E-state index in [1.807, 2.05) is 0 Å². The van der Waals surface area contributed by atoms with Crippen LogP contribution in [0.5, 0.6) is 0 Å². The summed E-state index contributed by atoms with van der Waals surface area (Å²) in [7, 11) is 0. The Kier molecular flexibility index (Phi) is 3.89. The van der Waals surface area contributed by atoms with Gasteiger partial charge in [0.1, 0.15) is 0 Å². The van der Waals surface area contributed by atoms with Crippen LogP contribution >= 0.6 is 22.6 Å². The Balaban J connectivity index is 2.08. The molecule has 9 heavy (non-hydrogen) atoms. The lowest BCUT2D eigenvalue weighted by Crippen LogP contribution is -2.15. The predicted molar refractivity (Wildman–Crippen MR) is 46.8 cm³/mol. The molecule has 1 aliphatic carbocycles. The second-order valence-corrected chi connectivity index (χ2v) is 3.16. The number of hydrogen-bond donors (Lipinski definition) is 0. The van der Waals surface area contributed by atoms with E-state index < -0.39 is 0 Å². The number of hydrogen-bond acceptors (Lipinski definition) is 1. The van der Waals surface area contributed by atoms with Crippen LogP contribution < -0.4 is 0 Å². The van der Waals surface area contributed by atoms with Crippen molar-refractivity contribution in [2.45, 2.75) is 38.2 Å². The number of halogens is 1. The van der Waals surface area contributed by atoms with Gasteiger partial charge >= 0.3 is 0 Å². The van der Waals surface area contributed by atoms with E-state index in [1.165, 1.54) is 32.1 Å². The fourth-order valence-electron chi connectivity index (χ4n) is 1.32. The van der Waals surface area contributed by atoms with Gasteiger partial charge in [-0.05, 0) is 12.8 Å². The first kappa shape index (κ1) is 7.79. The van der Waals surface area contributed by atoms with Crippen LogP contribution in [-0.2, 0) is 4.74 Å². The summed E-state index contributed by atoms with van der Waals surface area (Å²) >= 11 is 2.27. The van der Waals surface area contributed by atoms with Gasteiger partial charge in [-0.15, -0.1) is 0 Å². The molecule has 1 fully saturated rings. The highest BCUT2D eigenvalue weighted by atomic mass is 127. The first-order valence-corrected chi connectivity index (χ1v) is 5.13. The topological polar surface area (TPSA) is 9.23 Å². The smallest absolute Gasteiger partial charge is 0.0983 e. The van der Waals surface area contributed by atoms with Crippen molar-refractivity contribution in [3.05, 3.63) is 0 Å². The molecule has 0 aromatic heterocycles. The number of ether oxygens (including phenoxy) is 1. The molecule has 1 aliphatic rings. The van der Waals surface area contributed by atoms with Gasteiger partial charge in [0.2, 0.25) is 0 Å². The largest absolute Gasteiger partial charge is 0.368 e. The van der Waals surface area contributed by atoms with Crippen molar-refractivity contribution in [3.8, 4) is 0 Å². The highest BCUT2D eigenvalue weighted by molar-refractivity contribution is 14.1. The molecule has 0 amide bonds. The van der Waals surface area contributed by atoms with Gasteiger partial charge in [-0.3, -0.25) is 0 Å². The average Bonchev–Trinajstić information content (AvgIpc) is 1.91. The molecule has 1 saturated carbocycles.